The molecule has 1 fully saturated rings. The van der Waals surface area contributed by atoms with Crippen molar-refractivity contribution in [2.45, 2.75) is 19.4 Å². The van der Waals surface area contributed by atoms with Gasteiger partial charge in [-0.3, -0.25) is 9.69 Å². The fraction of sp³-hybridized carbons (Fsp3) is 0.533. The maximum Gasteiger partial charge on any atom is 0.264 e. The molecule has 1 aliphatic rings. The lowest BCUT2D eigenvalue weighted by Gasteiger charge is -2.45. The molecule has 4 nitrogen and oxygen atoms in total. The highest BCUT2D eigenvalue weighted by Gasteiger charge is 2.33. The second-order valence-corrected chi connectivity index (χ2v) is 6.67. The minimum Gasteiger partial charge on any atom is -0.384 e. The first-order valence-corrected chi connectivity index (χ1v) is 7.46. The fourth-order valence-corrected chi connectivity index (χ4v) is 3.06. The molecule has 0 saturated carbocycles. The van der Waals surface area contributed by atoms with Gasteiger partial charge in [-0.2, -0.15) is 0 Å². The molecule has 1 N–H and O–H groups in total. The molecule has 2 rings (SSSR count). The maximum absolute atomic E-state index is 12.5. The van der Waals surface area contributed by atoms with E-state index < -0.39 is 0 Å². The molecule has 0 atom stereocenters. The van der Waals surface area contributed by atoms with E-state index in [2.05, 4.69) is 37.6 Å². The minimum absolute atomic E-state index is 0.00466. The second-order valence-electron chi connectivity index (χ2n) is 5.58. The van der Waals surface area contributed by atoms with Gasteiger partial charge in [0.2, 0.25) is 0 Å². The fourth-order valence-electron chi connectivity index (χ4n) is 2.22. The molecule has 0 aromatic carbocycles. The number of hydrogen-bond acceptors (Lipinski definition) is 4. The van der Waals surface area contributed by atoms with Crippen LogP contribution in [0.25, 0.3) is 0 Å². The van der Waals surface area contributed by atoms with Crippen LogP contribution in [0.3, 0.4) is 0 Å². The molecule has 1 aromatic rings. The summed E-state index contributed by atoms with van der Waals surface area (Å²) in [6, 6.07) is 3.65. The molecule has 0 unspecified atom stereocenters. The molecule has 1 amide bonds. The van der Waals surface area contributed by atoms with Crippen molar-refractivity contribution in [3.8, 4) is 11.8 Å². The van der Waals surface area contributed by atoms with E-state index in [1.54, 1.807) is 0 Å². The van der Waals surface area contributed by atoms with E-state index in [1.165, 1.54) is 11.3 Å². The Kier molecular flexibility index (Phi) is 4.48. The van der Waals surface area contributed by atoms with Crippen molar-refractivity contribution in [1.82, 2.24) is 9.80 Å². The van der Waals surface area contributed by atoms with Crippen molar-refractivity contribution in [3.05, 3.63) is 21.9 Å². The molecule has 5 heteroatoms. The van der Waals surface area contributed by atoms with Gasteiger partial charge in [0.25, 0.3) is 5.91 Å². The second kappa shape index (κ2) is 5.96. The van der Waals surface area contributed by atoms with Gasteiger partial charge in [-0.25, -0.2) is 0 Å². The molecule has 0 radical (unpaired) electrons. The van der Waals surface area contributed by atoms with E-state index in [0.29, 0.717) is 4.88 Å². The predicted molar refractivity (Wildman–Crippen MR) is 80.9 cm³/mol. The number of rotatable bonds is 1. The molecule has 108 valence electrons. The first kappa shape index (κ1) is 15.0. The number of aliphatic hydroxyl groups is 1. The van der Waals surface area contributed by atoms with E-state index in [1.807, 2.05) is 17.0 Å². The Bertz CT molecular complexity index is 554. The number of piperazine rings is 1. The summed E-state index contributed by atoms with van der Waals surface area (Å²) < 4.78 is 0. The number of likely N-dealkylation sites (N-methyl/N-ethyl adjacent to an activating group) is 1. The van der Waals surface area contributed by atoms with Gasteiger partial charge in [0.1, 0.15) is 6.61 Å². The summed E-state index contributed by atoms with van der Waals surface area (Å²) in [5.74, 6) is 5.51. The number of amides is 1. The molecular weight excluding hydrogens is 272 g/mol. The lowest BCUT2D eigenvalue weighted by molar-refractivity contribution is 0.0315. The van der Waals surface area contributed by atoms with Crippen LogP contribution in [0, 0.1) is 11.8 Å². The monoisotopic (exact) mass is 292 g/mol. The Balaban J connectivity index is 2.10. The van der Waals surface area contributed by atoms with Gasteiger partial charge >= 0.3 is 0 Å². The summed E-state index contributed by atoms with van der Waals surface area (Å²) in [4.78, 5) is 18.2. The standard InChI is InChI=1S/C15H20N2O2S/c1-15(2)11-17(9-8-16(15)3)14(19)13-7-6-12(20-13)5-4-10-18/h6-7,18H,8-11H2,1-3H3. The van der Waals surface area contributed by atoms with Crippen LogP contribution in [0.2, 0.25) is 0 Å². The van der Waals surface area contributed by atoms with Crippen LogP contribution in [0.4, 0.5) is 0 Å². The zero-order valence-electron chi connectivity index (χ0n) is 12.1. The first-order chi connectivity index (χ1) is 9.44. The van der Waals surface area contributed by atoms with Crippen LogP contribution in [0.5, 0.6) is 0 Å². The number of carbonyl (C=O) groups excluding carboxylic acids is 1. The van der Waals surface area contributed by atoms with Crippen LogP contribution < -0.4 is 0 Å². The zero-order chi connectivity index (χ0) is 14.8. The normalized spacial score (nSPS) is 18.5. The van der Waals surface area contributed by atoms with E-state index in [-0.39, 0.29) is 18.1 Å². The van der Waals surface area contributed by atoms with Crippen molar-refractivity contribution < 1.29 is 9.90 Å². The quantitative estimate of drug-likeness (QED) is 0.793. The molecule has 1 aromatic heterocycles. The van der Waals surface area contributed by atoms with Crippen LogP contribution >= 0.6 is 11.3 Å². The lowest BCUT2D eigenvalue weighted by Crippen LogP contribution is -2.58. The van der Waals surface area contributed by atoms with Crippen LogP contribution in [0.15, 0.2) is 12.1 Å². The summed E-state index contributed by atoms with van der Waals surface area (Å²) in [6.07, 6.45) is 0. The molecule has 20 heavy (non-hydrogen) atoms. The van der Waals surface area contributed by atoms with Gasteiger partial charge in [-0.15, -0.1) is 11.3 Å². The van der Waals surface area contributed by atoms with Crippen molar-refractivity contribution in [2.24, 2.45) is 0 Å². The Morgan fingerprint density at radius 1 is 1.45 bits per heavy atom. The summed E-state index contributed by atoms with van der Waals surface area (Å²) in [5, 5.41) is 8.68. The van der Waals surface area contributed by atoms with Gasteiger partial charge in [0.15, 0.2) is 0 Å². The third-order valence-electron chi connectivity index (χ3n) is 3.71. The Hall–Kier alpha value is -1.35. The van der Waals surface area contributed by atoms with Crippen molar-refractivity contribution in [3.63, 3.8) is 0 Å². The van der Waals surface area contributed by atoms with Gasteiger partial charge in [0, 0.05) is 25.2 Å². The van der Waals surface area contributed by atoms with Gasteiger partial charge < -0.3 is 10.0 Å². The molecule has 1 aliphatic heterocycles. The first-order valence-electron chi connectivity index (χ1n) is 6.64. The van der Waals surface area contributed by atoms with Crippen LogP contribution in [-0.2, 0) is 0 Å². The summed E-state index contributed by atoms with van der Waals surface area (Å²) >= 11 is 1.39. The van der Waals surface area contributed by atoms with Crippen molar-refractivity contribution in [1.29, 1.82) is 0 Å². The third-order valence-corrected chi connectivity index (χ3v) is 4.70. The number of hydrogen-bond donors (Lipinski definition) is 1. The highest BCUT2D eigenvalue weighted by Crippen LogP contribution is 2.23. The number of thiophene rings is 1. The van der Waals surface area contributed by atoms with E-state index in [4.69, 9.17) is 5.11 Å². The Morgan fingerprint density at radius 2 is 2.20 bits per heavy atom. The van der Waals surface area contributed by atoms with E-state index >= 15 is 0 Å². The summed E-state index contributed by atoms with van der Waals surface area (Å²) in [6.45, 7) is 6.53. The molecule has 1 saturated heterocycles. The highest BCUT2D eigenvalue weighted by atomic mass is 32.1. The Labute approximate surface area is 124 Å². The van der Waals surface area contributed by atoms with E-state index in [9.17, 15) is 4.79 Å². The zero-order valence-corrected chi connectivity index (χ0v) is 13.0. The van der Waals surface area contributed by atoms with Gasteiger partial charge in [-0.1, -0.05) is 11.8 Å². The smallest absolute Gasteiger partial charge is 0.264 e. The van der Waals surface area contributed by atoms with Gasteiger partial charge in [0.05, 0.1) is 9.75 Å². The van der Waals surface area contributed by atoms with Gasteiger partial charge in [-0.05, 0) is 33.0 Å². The molecular formula is C15H20N2O2S. The van der Waals surface area contributed by atoms with Crippen LogP contribution in [0.1, 0.15) is 28.4 Å². The summed E-state index contributed by atoms with van der Waals surface area (Å²) in [7, 11) is 2.09. The van der Waals surface area contributed by atoms with Crippen molar-refractivity contribution >= 4 is 17.2 Å². The number of carbonyl (C=O) groups is 1. The molecule has 0 spiro atoms. The largest absolute Gasteiger partial charge is 0.384 e. The third kappa shape index (κ3) is 3.21. The molecule has 0 bridgehead atoms. The number of aliphatic hydroxyl groups excluding tert-OH is 1. The maximum atomic E-state index is 12.5. The average Bonchev–Trinajstić information content (AvgIpc) is 2.87. The number of nitrogens with zero attached hydrogens (tertiary/aromatic N) is 2. The average molecular weight is 292 g/mol. The van der Waals surface area contributed by atoms with Crippen molar-refractivity contribution in [2.75, 3.05) is 33.3 Å². The molecule has 0 aliphatic carbocycles. The predicted octanol–water partition coefficient (Wildman–Crippen LogP) is 1.26. The highest BCUT2D eigenvalue weighted by molar-refractivity contribution is 7.14. The minimum atomic E-state index is -0.159. The lowest BCUT2D eigenvalue weighted by atomic mass is 9.99. The topological polar surface area (TPSA) is 43.8 Å². The van der Waals surface area contributed by atoms with E-state index in [0.717, 1.165) is 24.5 Å². The SMILES string of the molecule is CN1CCN(C(=O)c2ccc(C#CCO)s2)CC1(C)C. The molecule has 2 heterocycles. The Morgan fingerprint density at radius 3 is 2.85 bits per heavy atom. The summed E-state index contributed by atoms with van der Waals surface area (Å²) in [5.41, 5.74) is 0.00466. The van der Waals surface area contributed by atoms with Crippen LogP contribution in [-0.4, -0.2) is 59.6 Å².